The van der Waals surface area contributed by atoms with Crippen LogP contribution < -0.4 is 5.73 Å². The second-order valence-corrected chi connectivity index (χ2v) is 4.75. The van der Waals surface area contributed by atoms with Crippen LogP contribution in [0.4, 0.5) is 0 Å². The fourth-order valence-corrected chi connectivity index (χ4v) is 1.73. The molecule has 98 valence electrons. The quantitative estimate of drug-likeness (QED) is 0.853. The van der Waals surface area contributed by atoms with Crippen LogP contribution in [-0.4, -0.2) is 10.1 Å². The third kappa shape index (κ3) is 3.01. The zero-order valence-corrected chi connectivity index (χ0v) is 11.1. The van der Waals surface area contributed by atoms with E-state index in [4.69, 9.17) is 16.7 Å². The molecule has 0 saturated heterocycles. The van der Waals surface area contributed by atoms with Crippen LogP contribution in [0.25, 0.3) is 11.4 Å². The summed E-state index contributed by atoms with van der Waals surface area (Å²) in [6.45, 7) is 4.31. The van der Waals surface area contributed by atoms with Crippen molar-refractivity contribution in [3.63, 3.8) is 0 Å². The van der Waals surface area contributed by atoms with E-state index in [2.05, 4.69) is 42.0 Å². The molecule has 0 fully saturated rings. The van der Waals surface area contributed by atoms with Crippen LogP contribution in [-0.2, 0) is 0 Å². The van der Waals surface area contributed by atoms with E-state index in [1.807, 2.05) is 12.1 Å². The lowest BCUT2D eigenvalue weighted by atomic mass is 10.0. The van der Waals surface area contributed by atoms with Gasteiger partial charge in [0.1, 0.15) is 0 Å². The fraction of sp³-hybridized carbons (Fsp3) is 0.333. The van der Waals surface area contributed by atoms with Gasteiger partial charge in [0.2, 0.25) is 11.7 Å². The highest BCUT2D eigenvalue weighted by molar-refractivity contribution is 5.54. The van der Waals surface area contributed by atoms with Gasteiger partial charge < -0.3 is 10.3 Å². The monoisotopic (exact) mass is 255 g/mol. The van der Waals surface area contributed by atoms with Gasteiger partial charge in [-0.25, -0.2) is 0 Å². The Kier molecular flexibility index (Phi) is 3.98. The lowest BCUT2D eigenvalue weighted by Crippen LogP contribution is -2.09. The third-order valence-corrected chi connectivity index (χ3v) is 2.93. The van der Waals surface area contributed by atoms with E-state index in [1.54, 1.807) is 0 Å². The molecule has 2 rings (SSSR count). The average molecular weight is 255 g/mol. The van der Waals surface area contributed by atoms with Crippen molar-refractivity contribution >= 4 is 0 Å². The molecule has 0 aliphatic rings. The molecule has 4 heteroatoms. The molecular weight excluding hydrogens is 238 g/mol. The highest BCUT2D eigenvalue weighted by Crippen LogP contribution is 2.22. The van der Waals surface area contributed by atoms with Gasteiger partial charge in [0.05, 0.1) is 6.04 Å². The van der Waals surface area contributed by atoms with Crippen molar-refractivity contribution in [2.45, 2.75) is 32.2 Å². The van der Waals surface area contributed by atoms with Crippen molar-refractivity contribution in [3.05, 3.63) is 35.7 Å². The summed E-state index contributed by atoms with van der Waals surface area (Å²) in [6.07, 6.45) is 5.59. The van der Waals surface area contributed by atoms with E-state index < -0.39 is 6.04 Å². The number of nitrogens with zero attached hydrogens (tertiary/aromatic N) is 2. The molecule has 0 amide bonds. The zero-order valence-electron chi connectivity index (χ0n) is 11.1. The summed E-state index contributed by atoms with van der Waals surface area (Å²) in [5, 5.41) is 3.93. The standard InChI is InChI=1S/C15H17N3O/c1-4-5-13(16)15-17-14(18-19-15)12-8-6-11(7-9-12)10(2)3/h1,6-10,13H,5,16H2,2-3H3. The molecule has 0 bridgehead atoms. The minimum atomic E-state index is -0.402. The smallest absolute Gasteiger partial charge is 0.244 e. The Bertz CT molecular complexity index is 578. The normalized spacial score (nSPS) is 12.4. The highest BCUT2D eigenvalue weighted by Gasteiger charge is 2.14. The molecule has 1 unspecified atom stereocenters. The predicted molar refractivity (Wildman–Crippen MR) is 74.2 cm³/mol. The first-order valence-corrected chi connectivity index (χ1v) is 6.24. The van der Waals surface area contributed by atoms with Gasteiger partial charge >= 0.3 is 0 Å². The van der Waals surface area contributed by atoms with Crippen LogP contribution in [0.3, 0.4) is 0 Å². The van der Waals surface area contributed by atoms with Gasteiger partial charge in [-0.1, -0.05) is 43.3 Å². The number of benzene rings is 1. The van der Waals surface area contributed by atoms with E-state index in [-0.39, 0.29) is 0 Å². The van der Waals surface area contributed by atoms with Crippen LogP contribution in [0, 0.1) is 12.3 Å². The Morgan fingerprint density at radius 3 is 2.58 bits per heavy atom. The van der Waals surface area contributed by atoms with Crippen molar-refractivity contribution < 1.29 is 4.52 Å². The Morgan fingerprint density at radius 1 is 1.32 bits per heavy atom. The summed E-state index contributed by atoms with van der Waals surface area (Å²) in [4.78, 5) is 4.28. The van der Waals surface area contributed by atoms with Crippen molar-refractivity contribution in [1.29, 1.82) is 0 Å². The molecule has 1 aromatic carbocycles. The van der Waals surface area contributed by atoms with Crippen LogP contribution in [0.2, 0.25) is 0 Å². The van der Waals surface area contributed by atoms with E-state index in [1.165, 1.54) is 5.56 Å². The Morgan fingerprint density at radius 2 is 2.00 bits per heavy atom. The lowest BCUT2D eigenvalue weighted by molar-refractivity contribution is 0.357. The Labute approximate surface area is 113 Å². The maximum atomic E-state index is 5.82. The number of rotatable bonds is 4. The number of hydrogen-bond acceptors (Lipinski definition) is 4. The van der Waals surface area contributed by atoms with Gasteiger partial charge in [0.25, 0.3) is 0 Å². The summed E-state index contributed by atoms with van der Waals surface area (Å²) in [5.41, 5.74) is 8.01. The first kappa shape index (κ1) is 13.3. The molecule has 1 atom stereocenters. The fourth-order valence-electron chi connectivity index (χ4n) is 1.73. The molecule has 4 nitrogen and oxygen atoms in total. The summed E-state index contributed by atoms with van der Waals surface area (Å²) >= 11 is 0. The second kappa shape index (κ2) is 5.68. The molecule has 0 aliphatic heterocycles. The summed E-state index contributed by atoms with van der Waals surface area (Å²) in [5.74, 6) is 3.90. The van der Waals surface area contributed by atoms with Gasteiger partial charge in [0.15, 0.2) is 0 Å². The van der Waals surface area contributed by atoms with Crippen LogP contribution in [0.5, 0.6) is 0 Å². The molecular formula is C15H17N3O. The number of terminal acetylenes is 1. The van der Waals surface area contributed by atoms with Crippen LogP contribution in [0.1, 0.15) is 43.7 Å². The van der Waals surface area contributed by atoms with Crippen molar-refractivity contribution in [2.24, 2.45) is 5.73 Å². The number of aromatic nitrogens is 2. The minimum absolute atomic E-state index is 0.376. The van der Waals surface area contributed by atoms with Crippen molar-refractivity contribution in [2.75, 3.05) is 0 Å². The molecule has 2 aromatic rings. The van der Waals surface area contributed by atoms with Crippen molar-refractivity contribution in [3.8, 4) is 23.7 Å². The number of nitrogens with two attached hydrogens (primary N) is 1. The number of hydrogen-bond donors (Lipinski definition) is 1. The first-order chi connectivity index (χ1) is 9.11. The maximum Gasteiger partial charge on any atom is 0.244 e. The molecule has 2 N–H and O–H groups in total. The minimum Gasteiger partial charge on any atom is -0.337 e. The van der Waals surface area contributed by atoms with Crippen LogP contribution >= 0.6 is 0 Å². The SMILES string of the molecule is C#CCC(N)c1nc(-c2ccc(C(C)C)cc2)no1. The maximum absolute atomic E-state index is 5.82. The molecule has 19 heavy (non-hydrogen) atoms. The van der Waals surface area contributed by atoms with Crippen molar-refractivity contribution in [1.82, 2.24) is 10.1 Å². The largest absolute Gasteiger partial charge is 0.337 e. The molecule has 1 heterocycles. The van der Waals surface area contributed by atoms with Gasteiger partial charge in [-0.05, 0) is 11.5 Å². The van der Waals surface area contributed by atoms with E-state index in [0.29, 0.717) is 24.1 Å². The van der Waals surface area contributed by atoms with E-state index in [0.717, 1.165) is 5.56 Å². The van der Waals surface area contributed by atoms with Crippen LogP contribution in [0.15, 0.2) is 28.8 Å². The van der Waals surface area contributed by atoms with Gasteiger partial charge in [-0.3, -0.25) is 0 Å². The highest BCUT2D eigenvalue weighted by atomic mass is 16.5. The molecule has 0 aliphatic carbocycles. The predicted octanol–water partition coefficient (Wildman–Crippen LogP) is 2.88. The summed E-state index contributed by atoms with van der Waals surface area (Å²) < 4.78 is 5.13. The zero-order chi connectivity index (χ0) is 13.8. The van der Waals surface area contributed by atoms with E-state index in [9.17, 15) is 0 Å². The van der Waals surface area contributed by atoms with Gasteiger partial charge in [-0.15, -0.1) is 12.3 Å². The van der Waals surface area contributed by atoms with Gasteiger partial charge in [0, 0.05) is 12.0 Å². The lowest BCUT2D eigenvalue weighted by Gasteiger charge is -2.04. The summed E-state index contributed by atoms with van der Waals surface area (Å²) in [6, 6.07) is 7.70. The molecule has 1 aromatic heterocycles. The third-order valence-electron chi connectivity index (χ3n) is 2.93. The molecule has 0 spiro atoms. The first-order valence-electron chi connectivity index (χ1n) is 6.24. The Balaban J connectivity index is 2.21. The van der Waals surface area contributed by atoms with E-state index >= 15 is 0 Å². The molecule has 0 radical (unpaired) electrons. The summed E-state index contributed by atoms with van der Waals surface area (Å²) in [7, 11) is 0. The molecule has 0 saturated carbocycles. The van der Waals surface area contributed by atoms with Gasteiger partial charge in [-0.2, -0.15) is 4.98 Å². The topological polar surface area (TPSA) is 64.9 Å². The second-order valence-electron chi connectivity index (χ2n) is 4.75. The Hall–Kier alpha value is -2.12. The average Bonchev–Trinajstić information content (AvgIpc) is 2.89.